The maximum absolute atomic E-state index is 13.7. The van der Waals surface area contributed by atoms with Crippen LogP contribution in [0.5, 0.6) is 0 Å². The van der Waals surface area contributed by atoms with Crippen LogP contribution in [-0.2, 0) is 19.6 Å². The monoisotopic (exact) mass is 549 g/mol. The molecule has 0 radical (unpaired) electrons. The number of carbonyl (C=O) groups excluding carboxylic acids is 2. The number of sulfonamides is 1. The highest BCUT2D eigenvalue weighted by Crippen LogP contribution is 2.32. The minimum absolute atomic E-state index is 0.121. The molecule has 8 nitrogen and oxygen atoms in total. The summed E-state index contributed by atoms with van der Waals surface area (Å²) >= 11 is 0. The van der Waals surface area contributed by atoms with Gasteiger partial charge in [0.25, 0.3) is 0 Å². The second-order valence-corrected chi connectivity index (χ2v) is 12.3. The molecule has 1 heterocycles. The molecule has 3 aromatic carbocycles. The van der Waals surface area contributed by atoms with Crippen molar-refractivity contribution in [3.05, 3.63) is 102 Å². The Morgan fingerprint density at radius 3 is 1.90 bits per heavy atom. The lowest BCUT2D eigenvalue weighted by molar-refractivity contribution is -0.126. The maximum Gasteiger partial charge on any atom is 0.410 e. The van der Waals surface area contributed by atoms with Crippen molar-refractivity contribution in [1.82, 2.24) is 14.9 Å². The quantitative estimate of drug-likeness (QED) is 0.413. The molecule has 1 fully saturated rings. The SMILES string of the molecule is CC(C)(C)OC(=O)N1CCC[C@H]1C(=O)N[C@H](c1ccccc1)[C@@H](NS(=O)(=O)c1ccccc1)c1ccccc1. The standard InChI is InChI=1S/C30H35N3O5S/c1-30(2,3)38-29(35)33-21-13-20-25(33)28(34)31-26(22-14-7-4-8-15-22)27(23-16-9-5-10-17-23)32-39(36,37)24-18-11-6-12-19-24/h4-12,14-19,25-27,32H,13,20-21H2,1-3H3,(H,31,34)/t25-,26+,27-/m0/s1. The molecule has 0 aliphatic carbocycles. The van der Waals surface area contributed by atoms with Gasteiger partial charge in [-0.25, -0.2) is 17.9 Å². The second kappa shape index (κ2) is 12.0. The summed E-state index contributed by atoms with van der Waals surface area (Å²) in [5, 5.41) is 3.08. The summed E-state index contributed by atoms with van der Waals surface area (Å²) in [7, 11) is -3.95. The number of carbonyl (C=O) groups is 2. The van der Waals surface area contributed by atoms with Crippen molar-refractivity contribution in [2.45, 2.75) is 62.2 Å². The summed E-state index contributed by atoms with van der Waals surface area (Å²) in [5.74, 6) is -0.368. The molecule has 0 saturated carbocycles. The third-order valence-corrected chi connectivity index (χ3v) is 7.92. The lowest BCUT2D eigenvalue weighted by Crippen LogP contribution is -2.50. The molecule has 4 rings (SSSR count). The highest BCUT2D eigenvalue weighted by Gasteiger charge is 2.39. The van der Waals surface area contributed by atoms with Gasteiger partial charge in [-0.3, -0.25) is 9.69 Å². The fourth-order valence-electron chi connectivity index (χ4n) is 4.67. The molecule has 2 amide bonds. The van der Waals surface area contributed by atoms with E-state index in [9.17, 15) is 18.0 Å². The second-order valence-electron chi connectivity index (χ2n) is 10.6. The van der Waals surface area contributed by atoms with Gasteiger partial charge < -0.3 is 10.1 Å². The smallest absolute Gasteiger partial charge is 0.410 e. The van der Waals surface area contributed by atoms with E-state index in [-0.39, 0.29) is 10.8 Å². The van der Waals surface area contributed by atoms with Crippen molar-refractivity contribution in [3.63, 3.8) is 0 Å². The molecule has 0 bridgehead atoms. The average Bonchev–Trinajstić information content (AvgIpc) is 3.42. The van der Waals surface area contributed by atoms with E-state index >= 15 is 0 Å². The lowest BCUT2D eigenvalue weighted by atomic mass is 9.93. The number of hydrogen-bond donors (Lipinski definition) is 2. The van der Waals surface area contributed by atoms with Crippen molar-refractivity contribution in [3.8, 4) is 0 Å². The van der Waals surface area contributed by atoms with Crippen molar-refractivity contribution in [2.75, 3.05) is 6.54 Å². The summed E-state index contributed by atoms with van der Waals surface area (Å²) < 4.78 is 35.3. The van der Waals surface area contributed by atoms with Crippen LogP contribution in [0, 0.1) is 0 Å². The van der Waals surface area contributed by atoms with Gasteiger partial charge in [0.2, 0.25) is 15.9 Å². The zero-order valence-corrected chi connectivity index (χ0v) is 23.2. The van der Waals surface area contributed by atoms with E-state index in [1.807, 2.05) is 60.7 Å². The minimum atomic E-state index is -3.95. The van der Waals surface area contributed by atoms with Gasteiger partial charge in [0, 0.05) is 6.54 Å². The highest BCUT2D eigenvalue weighted by molar-refractivity contribution is 7.89. The molecule has 3 atom stereocenters. The van der Waals surface area contributed by atoms with Crippen LogP contribution >= 0.6 is 0 Å². The van der Waals surface area contributed by atoms with Gasteiger partial charge in [-0.1, -0.05) is 78.9 Å². The molecular formula is C30H35N3O5S. The van der Waals surface area contributed by atoms with Gasteiger partial charge in [0.05, 0.1) is 17.0 Å². The third-order valence-electron chi connectivity index (χ3n) is 6.47. The van der Waals surface area contributed by atoms with Crippen LogP contribution in [0.4, 0.5) is 4.79 Å². The molecule has 1 aliphatic heterocycles. The fourth-order valence-corrected chi connectivity index (χ4v) is 5.93. The fraction of sp³-hybridized carbons (Fsp3) is 0.333. The molecule has 2 N–H and O–H groups in total. The molecule has 39 heavy (non-hydrogen) atoms. The summed E-state index contributed by atoms with van der Waals surface area (Å²) in [6.45, 7) is 5.76. The van der Waals surface area contributed by atoms with E-state index in [4.69, 9.17) is 4.74 Å². The van der Waals surface area contributed by atoms with Crippen LogP contribution in [-0.4, -0.2) is 43.5 Å². The number of nitrogens with one attached hydrogen (secondary N) is 2. The molecule has 9 heteroatoms. The number of benzene rings is 3. The van der Waals surface area contributed by atoms with Crippen LogP contribution in [0.25, 0.3) is 0 Å². The van der Waals surface area contributed by atoms with E-state index in [2.05, 4.69) is 10.0 Å². The van der Waals surface area contributed by atoms with Gasteiger partial charge in [-0.15, -0.1) is 0 Å². The Balaban J connectivity index is 1.69. The molecule has 1 saturated heterocycles. The number of nitrogens with zero attached hydrogens (tertiary/aromatic N) is 1. The normalized spacial score (nSPS) is 17.3. The van der Waals surface area contributed by atoms with Gasteiger partial charge in [0.1, 0.15) is 11.6 Å². The van der Waals surface area contributed by atoms with Crippen molar-refractivity contribution in [2.24, 2.45) is 0 Å². The average molecular weight is 550 g/mol. The van der Waals surface area contributed by atoms with Crippen LogP contribution in [0.15, 0.2) is 95.9 Å². The summed E-state index contributed by atoms with van der Waals surface area (Å²) in [6.07, 6.45) is 0.606. The number of ether oxygens (including phenoxy) is 1. The van der Waals surface area contributed by atoms with E-state index in [1.54, 1.807) is 39.0 Å². The first-order valence-corrected chi connectivity index (χ1v) is 14.5. The molecule has 0 unspecified atom stereocenters. The zero-order chi connectivity index (χ0) is 28.0. The Morgan fingerprint density at radius 2 is 1.36 bits per heavy atom. The lowest BCUT2D eigenvalue weighted by Gasteiger charge is -2.32. The van der Waals surface area contributed by atoms with Gasteiger partial charge in [0.15, 0.2) is 0 Å². The van der Waals surface area contributed by atoms with E-state index in [1.165, 1.54) is 17.0 Å². The molecule has 0 aromatic heterocycles. The van der Waals surface area contributed by atoms with E-state index in [0.717, 1.165) is 5.56 Å². The summed E-state index contributed by atoms with van der Waals surface area (Å²) in [6, 6.07) is 24.2. The van der Waals surface area contributed by atoms with Gasteiger partial charge >= 0.3 is 6.09 Å². The first-order chi connectivity index (χ1) is 18.5. The first kappa shape index (κ1) is 28.3. The van der Waals surface area contributed by atoms with Gasteiger partial charge in [-0.05, 0) is 56.9 Å². The minimum Gasteiger partial charge on any atom is -0.444 e. The zero-order valence-electron chi connectivity index (χ0n) is 22.4. The number of rotatable bonds is 8. The van der Waals surface area contributed by atoms with Crippen LogP contribution < -0.4 is 10.0 Å². The molecule has 0 spiro atoms. The van der Waals surface area contributed by atoms with Crippen LogP contribution in [0.1, 0.15) is 56.8 Å². The van der Waals surface area contributed by atoms with Crippen molar-refractivity contribution >= 4 is 22.0 Å². The molecular weight excluding hydrogens is 514 g/mol. The number of amides is 2. The van der Waals surface area contributed by atoms with Gasteiger partial charge in [-0.2, -0.15) is 0 Å². The molecule has 1 aliphatic rings. The largest absolute Gasteiger partial charge is 0.444 e. The Hall–Kier alpha value is -3.69. The topological polar surface area (TPSA) is 105 Å². The number of hydrogen-bond acceptors (Lipinski definition) is 5. The third kappa shape index (κ3) is 7.25. The summed E-state index contributed by atoms with van der Waals surface area (Å²) in [4.78, 5) is 28.2. The Labute approximate surface area is 230 Å². The predicted molar refractivity (Wildman–Crippen MR) is 149 cm³/mol. The molecule has 206 valence electrons. The number of likely N-dealkylation sites (tertiary alicyclic amines) is 1. The Morgan fingerprint density at radius 1 is 0.846 bits per heavy atom. The first-order valence-electron chi connectivity index (χ1n) is 13.0. The van der Waals surface area contributed by atoms with Crippen LogP contribution in [0.2, 0.25) is 0 Å². The van der Waals surface area contributed by atoms with Crippen molar-refractivity contribution < 1.29 is 22.7 Å². The van der Waals surface area contributed by atoms with Crippen LogP contribution in [0.3, 0.4) is 0 Å². The highest BCUT2D eigenvalue weighted by atomic mass is 32.2. The summed E-state index contributed by atoms with van der Waals surface area (Å²) in [5.41, 5.74) is 0.709. The maximum atomic E-state index is 13.7. The van der Waals surface area contributed by atoms with Crippen molar-refractivity contribution in [1.29, 1.82) is 0 Å². The van der Waals surface area contributed by atoms with E-state index < -0.39 is 39.8 Å². The Bertz CT molecular complexity index is 1360. The molecule has 3 aromatic rings. The Kier molecular flexibility index (Phi) is 8.72. The van der Waals surface area contributed by atoms with E-state index in [0.29, 0.717) is 24.9 Å². The predicted octanol–water partition coefficient (Wildman–Crippen LogP) is 4.96.